The maximum Gasteiger partial charge on any atom is 0.129 e. The molecule has 5 heteroatoms. The third kappa shape index (κ3) is 4.96. The zero-order chi connectivity index (χ0) is 15.1. The minimum Gasteiger partial charge on any atom is -0.496 e. The molecule has 1 aromatic rings. The van der Waals surface area contributed by atoms with Crippen molar-refractivity contribution >= 4 is 29.0 Å². The average molecular weight is 313 g/mol. The summed E-state index contributed by atoms with van der Waals surface area (Å²) in [4.78, 5) is 2.72. The Morgan fingerprint density at radius 3 is 2.75 bits per heavy atom. The number of nitrogens with two attached hydrogens (primary N) is 1. The molecule has 20 heavy (non-hydrogen) atoms. The summed E-state index contributed by atoms with van der Waals surface area (Å²) in [5.74, 6) is 1.94. The standard InChI is InChI=1S/C15H24N2OS2/c1-11(7-8-20-4)17(2)10-12-5-6-13(15(16)19)14(9-12)18-3/h5-6,9,11H,7-8,10H2,1-4H3,(H2,16,19). The van der Waals surface area contributed by atoms with Crippen molar-refractivity contribution in [1.29, 1.82) is 0 Å². The van der Waals surface area contributed by atoms with Crippen molar-refractivity contribution < 1.29 is 4.74 Å². The van der Waals surface area contributed by atoms with Crippen LogP contribution in [0.4, 0.5) is 0 Å². The van der Waals surface area contributed by atoms with Gasteiger partial charge in [-0.25, -0.2) is 0 Å². The van der Waals surface area contributed by atoms with Crippen molar-refractivity contribution in [2.24, 2.45) is 5.73 Å². The van der Waals surface area contributed by atoms with Gasteiger partial charge >= 0.3 is 0 Å². The molecule has 1 atom stereocenters. The molecular weight excluding hydrogens is 288 g/mol. The van der Waals surface area contributed by atoms with Crippen LogP contribution in [0.3, 0.4) is 0 Å². The van der Waals surface area contributed by atoms with Crippen LogP contribution in [0.15, 0.2) is 18.2 Å². The van der Waals surface area contributed by atoms with Crippen LogP contribution in [-0.2, 0) is 6.54 Å². The Bertz CT molecular complexity index is 451. The lowest BCUT2D eigenvalue weighted by Gasteiger charge is -2.25. The Kier molecular flexibility index (Phi) is 7.34. The van der Waals surface area contributed by atoms with E-state index >= 15 is 0 Å². The van der Waals surface area contributed by atoms with Crippen molar-refractivity contribution in [3.8, 4) is 5.75 Å². The number of rotatable bonds is 8. The summed E-state index contributed by atoms with van der Waals surface area (Å²) in [5, 5.41) is 0. The van der Waals surface area contributed by atoms with Gasteiger partial charge in [-0.3, -0.25) is 4.90 Å². The normalized spacial score (nSPS) is 12.4. The molecule has 0 aliphatic heterocycles. The lowest BCUT2D eigenvalue weighted by Crippen LogP contribution is -2.29. The lowest BCUT2D eigenvalue weighted by molar-refractivity contribution is 0.245. The Balaban J connectivity index is 2.75. The summed E-state index contributed by atoms with van der Waals surface area (Å²) in [5.41, 5.74) is 7.69. The molecule has 1 aromatic carbocycles. The molecule has 0 spiro atoms. The molecule has 0 heterocycles. The molecule has 0 aliphatic rings. The number of hydrogen-bond donors (Lipinski definition) is 1. The molecule has 0 saturated heterocycles. The van der Waals surface area contributed by atoms with E-state index in [-0.39, 0.29) is 0 Å². The average Bonchev–Trinajstić information content (AvgIpc) is 2.44. The third-order valence-corrected chi connectivity index (χ3v) is 4.32. The van der Waals surface area contributed by atoms with Crippen molar-refractivity contribution in [3.63, 3.8) is 0 Å². The molecule has 0 fully saturated rings. The summed E-state index contributed by atoms with van der Waals surface area (Å²) < 4.78 is 5.36. The highest BCUT2D eigenvalue weighted by Gasteiger charge is 2.12. The van der Waals surface area contributed by atoms with E-state index in [9.17, 15) is 0 Å². The number of thioether (sulfide) groups is 1. The largest absolute Gasteiger partial charge is 0.496 e. The van der Waals surface area contributed by atoms with Gasteiger partial charge in [-0.05, 0) is 50.1 Å². The monoisotopic (exact) mass is 312 g/mol. The van der Waals surface area contributed by atoms with Gasteiger partial charge in [-0.1, -0.05) is 18.3 Å². The zero-order valence-electron chi connectivity index (χ0n) is 12.7. The van der Waals surface area contributed by atoms with Crippen LogP contribution in [0.2, 0.25) is 0 Å². The van der Waals surface area contributed by atoms with Gasteiger partial charge in [-0.15, -0.1) is 0 Å². The molecule has 1 rings (SSSR count). The highest BCUT2D eigenvalue weighted by atomic mass is 32.2. The second-order valence-electron chi connectivity index (χ2n) is 4.94. The second-order valence-corrected chi connectivity index (χ2v) is 6.37. The van der Waals surface area contributed by atoms with Gasteiger partial charge in [-0.2, -0.15) is 11.8 Å². The van der Waals surface area contributed by atoms with E-state index in [2.05, 4.69) is 31.2 Å². The first-order valence-electron chi connectivity index (χ1n) is 6.65. The number of thiocarbonyl (C=S) groups is 1. The summed E-state index contributed by atoms with van der Waals surface area (Å²) in [6.07, 6.45) is 3.34. The minimum atomic E-state index is 0.370. The van der Waals surface area contributed by atoms with Crippen LogP contribution in [0.25, 0.3) is 0 Å². The third-order valence-electron chi connectivity index (χ3n) is 3.46. The van der Waals surface area contributed by atoms with E-state index in [4.69, 9.17) is 22.7 Å². The first-order valence-corrected chi connectivity index (χ1v) is 8.45. The van der Waals surface area contributed by atoms with Gasteiger partial charge in [0.25, 0.3) is 0 Å². The fraction of sp³-hybridized carbons (Fsp3) is 0.533. The van der Waals surface area contributed by atoms with Crippen LogP contribution in [0.1, 0.15) is 24.5 Å². The number of nitrogens with zero attached hydrogens (tertiary/aromatic N) is 1. The second kappa shape index (κ2) is 8.49. The Morgan fingerprint density at radius 1 is 1.50 bits per heavy atom. The van der Waals surface area contributed by atoms with E-state index in [0.717, 1.165) is 17.9 Å². The predicted octanol–water partition coefficient (Wildman–Crippen LogP) is 2.90. The molecule has 1 unspecified atom stereocenters. The van der Waals surface area contributed by atoms with Gasteiger partial charge in [0.15, 0.2) is 0 Å². The number of hydrogen-bond acceptors (Lipinski definition) is 4. The molecular formula is C15H24N2OS2. The Labute approximate surface area is 131 Å². The van der Waals surface area contributed by atoms with Gasteiger partial charge in [0.1, 0.15) is 10.7 Å². The Hall–Kier alpha value is -0.780. The number of benzene rings is 1. The highest BCUT2D eigenvalue weighted by molar-refractivity contribution is 7.98. The Morgan fingerprint density at radius 2 is 2.20 bits per heavy atom. The summed E-state index contributed by atoms with van der Waals surface area (Å²) >= 11 is 6.91. The van der Waals surface area contributed by atoms with Crippen molar-refractivity contribution in [1.82, 2.24) is 4.90 Å². The van der Waals surface area contributed by atoms with Crippen molar-refractivity contribution in [2.75, 3.05) is 26.2 Å². The zero-order valence-corrected chi connectivity index (χ0v) is 14.3. The fourth-order valence-corrected chi connectivity index (χ4v) is 2.74. The first kappa shape index (κ1) is 17.3. The minimum absolute atomic E-state index is 0.370. The van der Waals surface area contributed by atoms with Gasteiger partial charge in [0.2, 0.25) is 0 Å². The quantitative estimate of drug-likeness (QED) is 0.747. The van der Waals surface area contributed by atoms with Crippen LogP contribution in [-0.4, -0.2) is 42.1 Å². The number of methoxy groups -OCH3 is 1. The maximum atomic E-state index is 5.68. The van der Waals surface area contributed by atoms with Crippen molar-refractivity contribution in [3.05, 3.63) is 29.3 Å². The van der Waals surface area contributed by atoms with Crippen LogP contribution < -0.4 is 10.5 Å². The fourth-order valence-electron chi connectivity index (χ4n) is 1.99. The SMILES string of the molecule is COc1cc(CN(C)C(C)CCSC)ccc1C(N)=S. The predicted molar refractivity (Wildman–Crippen MR) is 92.8 cm³/mol. The molecule has 112 valence electrons. The highest BCUT2D eigenvalue weighted by Crippen LogP contribution is 2.21. The van der Waals surface area contributed by atoms with E-state index < -0.39 is 0 Å². The molecule has 0 bridgehead atoms. The molecule has 0 amide bonds. The first-order chi connectivity index (χ1) is 9.49. The topological polar surface area (TPSA) is 38.5 Å². The van der Waals surface area contributed by atoms with Crippen LogP contribution in [0, 0.1) is 0 Å². The smallest absolute Gasteiger partial charge is 0.129 e. The molecule has 0 saturated carbocycles. The summed E-state index contributed by atoms with van der Waals surface area (Å²) in [7, 11) is 3.80. The van der Waals surface area contributed by atoms with E-state index in [1.807, 2.05) is 23.9 Å². The molecule has 2 N–H and O–H groups in total. The van der Waals surface area contributed by atoms with Crippen LogP contribution in [0.5, 0.6) is 5.75 Å². The van der Waals surface area contributed by atoms with E-state index in [1.165, 1.54) is 17.7 Å². The van der Waals surface area contributed by atoms with Gasteiger partial charge < -0.3 is 10.5 Å². The van der Waals surface area contributed by atoms with E-state index in [1.54, 1.807) is 7.11 Å². The van der Waals surface area contributed by atoms with Gasteiger partial charge in [0.05, 0.1) is 12.7 Å². The molecule has 0 radical (unpaired) electrons. The lowest BCUT2D eigenvalue weighted by atomic mass is 10.1. The van der Waals surface area contributed by atoms with Crippen molar-refractivity contribution in [2.45, 2.75) is 25.9 Å². The van der Waals surface area contributed by atoms with Crippen LogP contribution >= 0.6 is 24.0 Å². The molecule has 0 aliphatic carbocycles. The number of ether oxygens (including phenoxy) is 1. The summed E-state index contributed by atoms with van der Waals surface area (Å²) in [6, 6.07) is 6.58. The maximum absolute atomic E-state index is 5.68. The summed E-state index contributed by atoms with van der Waals surface area (Å²) in [6.45, 7) is 3.15. The van der Waals surface area contributed by atoms with Gasteiger partial charge in [0, 0.05) is 12.6 Å². The molecule has 0 aromatic heterocycles. The molecule has 3 nitrogen and oxygen atoms in total. The van der Waals surface area contributed by atoms with E-state index in [0.29, 0.717) is 11.0 Å².